The second kappa shape index (κ2) is 9.78. The van der Waals surface area contributed by atoms with Gasteiger partial charge < -0.3 is 14.7 Å². The molecule has 35 heavy (non-hydrogen) atoms. The molecule has 1 N–H and O–H groups in total. The maximum atomic E-state index is 13.4. The first-order valence-corrected chi connectivity index (χ1v) is 12.6. The van der Waals surface area contributed by atoms with Gasteiger partial charge in [-0.2, -0.15) is 0 Å². The van der Waals surface area contributed by atoms with Crippen LogP contribution < -0.4 is 4.74 Å². The van der Waals surface area contributed by atoms with E-state index in [9.17, 15) is 14.3 Å². The van der Waals surface area contributed by atoms with Crippen molar-refractivity contribution in [1.82, 2.24) is 4.90 Å². The van der Waals surface area contributed by atoms with Crippen LogP contribution in [0.2, 0.25) is 5.02 Å². The zero-order chi connectivity index (χ0) is 24.6. The van der Waals surface area contributed by atoms with Crippen molar-refractivity contribution in [2.24, 2.45) is 17.0 Å². The van der Waals surface area contributed by atoms with Gasteiger partial charge in [0.2, 0.25) is 0 Å². The van der Waals surface area contributed by atoms with Crippen molar-refractivity contribution in [2.45, 2.75) is 51.2 Å². The molecule has 0 bridgehead atoms. The van der Waals surface area contributed by atoms with Crippen molar-refractivity contribution in [3.05, 3.63) is 52.8 Å². The zero-order valence-corrected chi connectivity index (χ0v) is 20.6. The normalized spacial score (nSPS) is 23.5. The number of hydrogen-bond acceptors (Lipinski definition) is 5. The van der Waals surface area contributed by atoms with Crippen LogP contribution in [0.5, 0.6) is 5.75 Å². The summed E-state index contributed by atoms with van der Waals surface area (Å²) in [5.74, 6) is -0.162. The molecule has 1 spiro atoms. The summed E-state index contributed by atoms with van der Waals surface area (Å²) in [4.78, 5) is 19.4. The first kappa shape index (κ1) is 24.1. The van der Waals surface area contributed by atoms with E-state index in [-0.39, 0.29) is 17.3 Å². The van der Waals surface area contributed by atoms with E-state index in [1.54, 1.807) is 12.1 Å². The molecule has 1 saturated heterocycles. The van der Waals surface area contributed by atoms with Gasteiger partial charge in [0.15, 0.2) is 5.60 Å². The molecular weight excluding hydrogens is 471 g/mol. The molecule has 5 rings (SSSR count). The van der Waals surface area contributed by atoms with E-state index in [2.05, 4.69) is 10.1 Å². The average molecular weight is 501 g/mol. The number of hydrogen-bond donors (Lipinski definition) is 1. The number of carboxylic acids is 1. The Kier molecular flexibility index (Phi) is 6.73. The lowest BCUT2D eigenvalue weighted by molar-refractivity contribution is -0.142. The predicted molar refractivity (Wildman–Crippen MR) is 132 cm³/mol. The summed E-state index contributed by atoms with van der Waals surface area (Å²) < 4.78 is 19.3. The van der Waals surface area contributed by atoms with Gasteiger partial charge in [-0.25, -0.2) is 4.39 Å². The predicted octanol–water partition coefficient (Wildman–Crippen LogP) is 5.77. The van der Waals surface area contributed by atoms with E-state index in [1.807, 2.05) is 19.1 Å². The summed E-state index contributed by atoms with van der Waals surface area (Å²) in [6.07, 6.45) is 4.00. The molecule has 8 heteroatoms. The minimum Gasteiger partial charge on any atom is -0.493 e. The molecule has 0 amide bonds. The van der Waals surface area contributed by atoms with Crippen LogP contribution in [0.1, 0.15) is 44.6 Å². The van der Waals surface area contributed by atoms with E-state index in [0.717, 1.165) is 67.6 Å². The maximum absolute atomic E-state index is 13.4. The van der Waals surface area contributed by atoms with Crippen molar-refractivity contribution in [3.8, 4) is 16.9 Å². The van der Waals surface area contributed by atoms with Crippen LogP contribution in [0.15, 0.2) is 41.6 Å². The molecule has 186 valence electrons. The molecule has 0 atom stereocenters. The van der Waals surface area contributed by atoms with Crippen LogP contribution >= 0.6 is 11.6 Å². The topological polar surface area (TPSA) is 71.4 Å². The molecule has 3 aliphatic rings. The number of benzene rings is 2. The van der Waals surface area contributed by atoms with Crippen LogP contribution in [-0.2, 0) is 16.2 Å². The lowest BCUT2D eigenvalue weighted by Crippen LogP contribution is -2.61. The highest BCUT2D eigenvalue weighted by atomic mass is 35.5. The third kappa shape index (κ3) is 5.02. The van der Waals surface area contributed by atoms with Gasteiger partial charge in [-0.15, -0.1) is 0 Å². The number of ether oxygens (including phenoxy) is 1. The summed E-state index contributed by atoms with van der Waals surface area (Å²) in [7, 11) is 0. The van der Waals surface area contributed by atoms with Gasteiger partial charge in [0.25, 0.3) is 0 Å². The fraction of sp³-hybridized carbons (Fsp3) is 0.481. The monoisotopic (exact) mass is 500 g/mol. The highest BCUT2D eigenvalue weighted by Gasteiger charge is 2.50. The fourth-order valence-corrected chi connectivity index (χ4v) is 5.99. The number of carboxylic acid groups (broad SMARTS) is 1. The van der Waals surface area contributed by atoms with Crippen molar-refractivity contribution in [2.75, 3.05) is 19.7 Å². The maximum Gasteiger partial charge on any atom is 0.306 e. The SMILES string of the molecule is CCOc1cc(CN2CC3(CC([C@H]4CC[C@H](C(=O)O)CC4)=NO3)C2)cc(Cl)c1-c1ccc(F)cc1. The molecule has 1 aliphatic carbocycles. The van der Waals surface area contributed by atoms with Crippen molar-refractivity contribution >= 4 is 23.3 Å². The number of likely N-dealkylation sites (tertiary alicyclic amines) is 1. The van der Waals surface area contributed by atoms with Gasteiger partial charge in [-0.1, -0.05) is 28.9 Å². The summed E-state index contributed by atoms with van der Waals surface area (Å²) in [6, 6.07) is 10.2. The number of oxime groups is 1. The third-order valence-electron chi connectivity index (χ3n) is 7.38. The zero-order valence-electron chi connectivity index (χ0n) is 19.8. The Morgan fingerprint density at radius 2 is 1.94 bits per heavy atom. The molecule has 2 aliphatic heterocycles. The van der Waals surface area contributed by atoms with Gasteiger partial charge in [0, 0.05) is 37.5 Å². The highest BCUT2D eigenvalue weighted by molar-refractivity contribution is 6.33. The lowest BCUT2D eigenvalue weighted by Gasteiger charge is -2.45. The van der Waals surface area contributed by atoms with Crippen LogP contribution in [0, 0.1) is 17.7 Å². The van der Waals surface area contributed by atoms with Crippen molar-refractivity contribution in [1.29, 1.82) is 0 Å². The van der Waals surface area contributed by atoms with Crippen molar-refractivity contribution < 1.29 is 23.9 Å². The van der Waals surface area contributed by atoms with Crippen LogP contribution in [-0.4, -0.2) is 47.0 Å². The van der Waals surface area contributed by atoms with Gasteiger partial charge in [-0.3, -0.25) is 9.69 Å². The molecule has 2 heterocycles. The summed E-state index contributed by atoms with van der Waals surface area (Å²) in [5, 5.41) is 14.2. The van der Waals surface area contributed by atoms with E-state index in [1.165, 1.54) is 12.1 Å². The van der Waals surface area contributed by atoms with E-state index in [0.29, 0.717) is 29.8 Å². The molecule has 2 aromatic carbocycles. The first-order chi connectivity index (χ1) is 16.9. The second-order valence-corrected chi connectivity index (χ2v) is 10.4. The number of rotatable bonds is 7. The summed E-state index contributed by atoms with van der Waals surface area (Å²) in [5.41, 5.74) is 3.46. The Balaban J connectivity index is 1.20. The molecular formula is C27H30ClFN2O4. The Labute approximate surface area is 209 Å². The molecule has 0 unspecified atom stereocenters. The number of nitrogens with zero attached hydrogens (tertiary/aromatic N) is 2. The van der Waals surface area contributed by atoms with Gasteiger partial charge in [0.05, 0.1) is 23.3 Å². The minimum absolute atomic E-state index is 0.217. The quantitative estimate of drug-likeness (QED) is 0.523. The molecule has 2 aromatic rings. The molecule has 6 nitrogen and oxygen atoms in total. The standard InChI is InChI=1S/C27H30ClFN2O4/c1-2-34-24-12-17(11-22(28)25(24)19-7-9-21(29)10-8-19)14-31-15-27(16-31)13-23(30-35-27)18-3-5-20(6-4-18)26(32)33/h7-12,18,20H,2-6,13-16H2,1H3,(H,32,33)/t18-,20-. The number of halogens is 2. The van der Waals surface area contributed by atoms with E-state index in [4.69, 9.17) is 21.2 Å². The van der Waals surface area contributed by atoms with Gasteiger partial charge in [0.1, 0.15) is 11.6 Å². The van der Waals surface area contributed by atoms with Gasteiger partial charge in [-0.05, 0) is 68.0 Å². The minimum atomic E-state index is -0.683. The largest absolute Gasteiger partial charge is 0.493 e. The average Bonchev–Trinajstić information content (AvgIpc) is 3.26. The number of aliphatic carboxylic acids is 1. The summed E-state index contributed by atoms with van der Waals surface area (Å²) >= 11 is 6.67. The highest BCUT2D eigenvalue weighted by Crippen LogP contribution is 2.42. The van der Waals surface area contributed by atoms with Gasteiger partial charge >= 0.3 is 5.97 Å². The Hall–Kier alpha value is -2.64. The van der Waals surface area contributed by atoms with Crippen molar-refractivity contribution in [3.63, 3.8) is 0 Å². The number of carbonyl (C=O) groups is 1. The van der Waals surface area contributed by atoms with Crippen LogP contribution in [0.4, 0.5) is 4.39 Å². The molecule has 1 saturated carbocycles. The lowest BCUT2D eigenvalue weighted by atomic mass is 9.76. The summed E-state index contributed by atoms with van der Waals surface area (Å²) in [6.45, 7) is 4.71. The van der Waals surface area contributed by atoms with E-state index < -0.39 is 5.97 Å². The fourth-order valence-electron chi connectivity index (χ4n) is 5.64. The molecule has 0 radical (unpaired) electrons. The van der Waals surface area contributed by atoms with Crippen LogP contribution in [0.25, 0.3) is 11.1 Å². The smallest absolute Gasteiger partial charge is 0.306 e. The second-order valence-electron chi connectivity index (χ2n) is 9.96. The Morgan fingerprint density at radius 3 is 2.60 bits per heavy atom. The van der Waals surface area contributed by atoms with E-state index >= 15 is 0 Å². The third-order valence-corrected chi connectivity index (χ3v) is 7.68. The van der Waals surface area contributed by atoms with Crippen LogP contribution in [0.3, 0.4) is 0 Å². The first-order valence-electron chi connectivity index (χ1n) is 12.3. The molecule has 0 aromatic heterocycles. The Bertz CT molecular complexity index is 1120. The molecule has 2 fully saturated rings. The Morgan fingerprint density at radius 1 is 1.23 bits per heavy atom.